The van der Waals surface area contributed by atoms with Crippen LogP contribution >= 0.6 is 0 Å². The van der Waals surface area contributed by atoms with Crippen molar-refractivity contribution in [3.8, 4) is 5.75 Å². The van der Waals surface area contributed by atoms with Gasteiger partial charge in [0.05, 0.1) is 12.6 Å². The molecule has 3 nitrogen and oxygen atoms in total. The molecule has 3 heteroatoms. The topological polar surface area (TPSA) is 28.3 Å². The Labute approximate surface area is 83.3 Å². The Bertz CT molecular complexity index is 445. The van der Waals surface area contributed by atoms with Crippen molar-refractivity contribution in [1.29, 1.82) is 0 Å². The van der Waals surface area contributed by atoms with Crippen LogP contribution in [0.5, 0.6) is 5.75 Å². The Hall–Kier alpha value is -1.64. The van der Waals surface area contributed by atoms with E-state index < -0.39 is 0 Å². The number of rotatable bonds is 2. The number of nitrogens with one attached hydrogen (secondary N) is 1. The first kappa shape index (κ1) is 8.94. The maximum atomic E-state index is 5.33. The van der Waals surface area contributed by atoms with Crippen LogP contribution < -0.4 is 9.64 Å². The van der Waals surface area contributed by atoms with Gasteiger partial charge in [0.15, 0.2) is 0 Å². The molecule has 0 amide bonds. The predicted molar refractivity (Wildman–Crippen MR) is 59.2 cm³/mol. The summed E-state index contributed by atoms with van der Waals surface area (Å²) in [5.74, 6) is 0.910. The van der Waals surface area contributed by atoms with Crippen molar-refractivity contribution in [2.45, 2.75) is 0 Å². The Morgan fingerprint density at radius 2 is 2.07 bits per heavy atom. The van der Waals surface area contributed by atoms with E-state index in [4.69, 9.17) is 4.74 Å². The van der Waals surface area contributed by atoms with Gasteiger partial charge >= 0.3 is 0 Å². The van der Waals surface area contributed by atoms with Gasteiger partial charge in [0.2, 0.25) is 0 Å². The largest absolute Gasteiger partial charge is 0.496 e. The van der Waals surface area contributed by atoms with Crippen LogP contribution in [0.4, 0.5) is 5.69 Å². The molecule has 0 atom stereocenters. The second-order valence-electron chi connectivity index (χ2n) is 3.48. The quantitative estimate of drug-likeness (QED) is 0.786. The van der Waals surface area contributed by atoms with E-state index in [-0.39, 0.29) is 0 Å². The number of H-pyrrole nitrogens is 1. The number of ether oxygens (including phenoxy) is 1. The van der Waals surface area contributed by atoms with Gasteiger partial charge in [-0.15, -0.1) is 0 Å². The zero-order valence-electron chi connectivity index (χ0n) is 8.66. The molecule has 1 N–H and O–H groups in total. The van der Waals surface area contributed by atoms with Crippen LogP contribution in [0, 0.1) is 0 Å². The number of benzene rings is 1. The number of methoxy groups -OCH3 is 1. The molecule has 0 aliphatic rings. The Balaban J connectivity index is 2.67. The van der Waals surface area contributed by atoms with Gasteiger partial charge < -0.3 is 14.6 Å². The van der Waals surface area contributed by atoms with Crippen molar-refractivity contribution >= 4 is 16.6 Å². The lowest BCUT2D eigenvalue weighted by molar-refractivity contribution is 0.420. The highest BCUT2D eigenvalue weighted by molar-refractivity contribution is 5.89. The lowest BCUT2D eigenvalue weighted by Gasteiger charge is -2.14. The second kappa shape index (κ2) is 3.25. The summed E-state index contributed by atoms with van der Waals surface area (Å²) in [4.78, 5) is 5.24. The van der Waals surface area contributed by atoms with Crippen molar-refractivity contribution in [2.75, 3.05) is 26.1 Å². The maximum absolute atomic E-state index is 5.33. The molecule has 0 saturated heterocycles. The van der Waals surface area contributed by atoms with Gasteiger partial charge in [0.1, 0.15) is 5.75 Å². The standard InChI is InChI=1S/C11H14N2O/c1-13(2)8-6-10-9(4-5-12-10)11(7-8)14-3/h4-7,12H,1-3H3. The molecule has 0 fully saturated rings. The highest BCUT2D eigenvalue weighted by atomic mass is 16.5. The smallest absolute Gasteiger partial charge is 0.130 e. The fourth-order valence-corrected chi connectivity index (χ4v) is 1.55. The number of aromatic amines is 1. The molecular formula is C11H14N2O. The van der Waals surface area contributed by atoms with Gasteiger partial charge in [0.25, 0.3) is 0 Å². The predicted octanol–water partition coefficient (Wildman–Crippen LogP) is 2.24. The third-order valence-electron chi connectivity index (χ3n) is 2.35. The number of fused-ring (bicyclic) bond motifs is 1. The normalized spacial score (nSPS) is 10.5. The monoisotopic (exact) mass is 190 g/mol. The fourth-order valence-electron chi connectivity index (χ4n) is 1.55. The summed E-state index contributed by atoms with van der Waals surface area (Å²) in [7, 11) is 5.73. The average molecular weight is 190 g/mol. The van der Waals surface area contributed by atoms with Gasteiger partial charge in [-0.2, -0.15) is 0 Å². The molecule has 0 aliphatic carbocycles. The minimum Gasteiger partial charge on any atom is -0.496 e. The van der Waals surface area contributed by atoms with E-state index in [0.717, 1.165) is 22.3 Å². The highest BCUT2D eigenvalue weighted by Crippen LogP contribution is 2.29. The summed E-state index contributed by atoms with van der Waals surface area (Å²) in [6.45, 7) is 0. The van der Waals surface area contributed by atoms with Gasteiger partial charge in [-0.1, -0.05) is 0 Å². The molecule has 74 valence electrons. The number of hydrogen-bond donors (Lipinski definition) is 1. The number of anilines is 1. The zero-order valence-corrected chi connectivity index (χ0v) is 8.66. The summed E-state index contributed by atoms with van der Waals surface area (Å²) in [6, 6.07) is 6.17. The van der Waals surface area contributed by atoms with Gasteiger partial charge in [0, 0.05) is 37.4 Å². The van der Waals surface area contributed by atoms with Gasteiger partial charge in [-0.25, -0.2) is 0 Å². The number of hydrogen-bond acceptors (Lipinski definition) is 2. The maximum Gasteiger partial charge on any atom is 0.130 e. The van der Waals surface area contributed by atoms with Crippen LogP contribution in [0.1, 0.15) is 0 Å². The fraction of sp³-hybridized carbons (Fsp3) is 0.273. The Morgan fingerprint density at radius 3 is 2.71 bits per heavy atom. The SMILES string of the molecule is COc1cc(N(C)C)cc2[nH]ccc12. The molecule has 1 aromatic carbocycles. The third-order valence-corrected chi connectivity index (χ3v) is 2.35. The van der Waals surface area contributed by atoms with Crippen molar-refractivity contribution in [3.05, 3.63) is 24.4 Å². The van der Waals surface area contributed by atoms with Crippen LogP contribution in [0.15, 0.2) is 24.4 Å². The molecule has 0 saturated carbocycles. The van der Waals surface area contributed by atoms with Crippen LogP contribution in [0.2, 0.25) is 0 Å². The van der Waals surface area contributed by atoms with Crippen LogP contribution in [0.3, 0.4) is 0 Å². The minimum absolute atomic E-state index is 0.910. The zero-order chi connectivity index (χ0) is 10.1. The van der Waals surface area contributed by atoms with Crippen LogP contribution in [0.25, 0.3) is 10.9 Å². The van der Waals surface area contributed by atoms with Crippen LogP contribution in [-0.4, -0.2) is 26.2 Å². The first-order chi connectivity index (χ1) is 6.72. The van der Waals surface area contributed by atoms with E-state index in [9.17, 15) is 0 Å². The van der Waals surface area contributed by atoms with Crippen molar-refractivity contribution in [2.24, 2.45) is 0 Å². The van der Waals surface area contributed by atoms with E-state index in [1.165, 1.54) is 0 Å². The molecule has 14 heavy (non-hydrogen) atoms. The summed E-state index contributed by atoms with van der Waals surface area (Å²) < 4.78 is 5.33. The van der Waals surface area contributed by atoms with E-state index in [2.05, 4.69) is 16.0 Å². The molecule has 1 heterocycles. The molecule has 0 unspecified atom stereocenters. The number of nitrogens with zero attached hydrogens (tertiary/aromatic N) is 1. The van der Waals surface area contributed by atoms with E-state index in [1.807, 2.05) is 32.4 Å². The highest BCUT2D eigenvalue weighted by Gasteiger charge is 2.05. The molecule has 0 aliphatic heterocycles. The molecule has 0 bridgehead atoms. The van der Waals surface area contributed by atoms with Crippen LogP contribution in [-0.2, 0) is 0 Å². The van der Waals surface area contributed by atoms with E-state index in [0.29, 0.717) is 0 Å². The van der Waals surface area contributed by atoms with Crippen molar-refractivity contribution < 1.29 is 4.74 Å². The first-order valence-corrected chi connectivity index (χ1v) is 4.55. The molecule has 2 aromatic rings. The second-order valence-corrected chi connectivity index (χ2v) is 3.48. The van der Waals surface area contributed by atoms with E-state index in [1.54, 1.807) is 7.11 Å². The summed E-state index contributed by atoms with van der Waals surface area (Å²) >= 11 is 0. The summed E-state index contributed by atoms with van der Waals surface area (Å²) in [5, 5.41) is 1.12. The third kappa shape index (κ3) is 1.31. The first-order valence-electron chi connectivity index (χ1n) is 4.55. The summed E-state index contributed by atoms with van der Waals surface area (Å²) in [5.41, 5.74) is 2.24. The Morgan fingerprint density at radius 1 is 1.29 bits per heavy atom. The summed E-state index contributed by atoms with van der Waals surface area (Å²) in [6.07, 6.45) is 1.92. The van der Waals surface area contributed by atoms with Gasteiger partial charge in [-0.3, -0.25) is 0 Å². The Kier molecular flexibility index (Phi) is 2.08. The lowest BCUT2D eigenvalue weighted by atomic mass is 10.2. The average Bonchev–Trinajstić information content (AvgIpc) is 2.63. The lowest BCUT2D eigenvalue weighted by Crippen LogP contribution is -2.08. The molecule has 0 radical (unpaired) electrons. The minimum atomic E-state index is 0.910. The van der Waals surface area contributed by atoms with Gasteiger partial charge in [-0.05, 0) is 12.1 Å². The molecular weight excluding hydrogens is 176 g/mol. The van der Waals surface area contributed by atoms with Crippen molar-refractivity contribution in [3.63, 3.8) is 0 Å². The molecule has 2 rings (SSSR count). The van der Waals surface area contributed by atoms with E-state index >= 15 is 0 Å². The molecule has 0 spiro atoms. The van der Waals surface area contributed by atoms with Crippen molar-refractivity contribution in [1.82, 2.24) is 4.98 Å². The molecule has 1 aromatic heterocycles. The number of aromatic nitrogens is 1.